The highest BCUT2D eigenvalue weighted by Gasteiger charge is 2.59. The van der Waals surface area contributed by atoms with Crippen LogP contribution in [0.15, 0.2) is 11.6 Å². The van der Waals surface area contributed by atoms with Gasteiger partial charge in [-0.05, 0) is 121 Å². The molecule has 4 heteroatoms. The van der Waals surface area contributed by atoms with Crippen molar-refractivity contribution in [3.63, 3.8) is 0 Å². The molecule has 3 fully saturated rings. The summed E-state index contributed by atoms with van der Waals surface area (Å²) in [6.45, 7) is 9.93. The SMILES string of the molecule is CCCCCCCCCCCCCC(=O)O[C@H]1CC[C@@]2(C)C(=CC[C@H]3[C@@H]4CC[C@H](N(C)CCCN(C)C)[C@@]4(C)CC[C@@H]32)C1. The van der Waals surface area contributed by atoms with Crippen LogP contribution < -0.4 is 0 Å². The average Bonchev–Trinajstić information content (AvgIpc) is 3.33. The van der Waals surface area contributed by atoms with Crippen LogP contribution in [-0.4, -0.2) is 62.1 Å². The van der Waals surface area contributed by atoms with E-state index >= 15 is 0 Å². The number of hydrogen-bond acceptors (Lipinski definition) is 4. The molecule has 0 unspecified atom stereocenters. The molecule has 0 aromatic heterocycles. The first-order valence-corrected chi connectivity index (χ1v) is 18.9. The zero-order valence-corrected chi connectivity index (χ0v) is 29.4. The molecule has 0 radical (unpaired) electrons. The summed E-state index contributed by atoms with van der Waals surface area (Å²) < 4.78 is 6.10. The highest BCUT2D eigenvalue weighted by atomic mass is 16.5. The summed E-state index contributed by atoms with van der Waals surface area (Å²) in [6, 6.07) is 0.745. The number of allylic oxidation sites excluding steroid dienone is 1. The number of ether oxygens (including phenoxy) is 1. The van der Waals surface area contributed by atoms with Gasteiger partial charge >= 0.3 is 5.97 Å². The van der Waals surface area contributed by atoms with Gasteiger partial charge in [0.05, 0.1) is 0 Å². The zero-order chi connectivity index (χ0) is 30.9. The zero-order valence-electron chi connectivity index (χ0n) is 29.4. The second kappa shape index (κ2) is 16.6. The Labute approximate surface area is 267 Å². The van der Waals surface area contributed by atoms with E-state index in [1.807, 2.05) is 0 Å². The van der Waals surface area contributed by atoms with Crippen LogP contribution in [0.3, 0.4) is 0 Å². The van der Waals surface area contributed by atoms with Crippen LogP contribution in [0.25, 0.3) is 0 Å². The van der Waals surface area contributed by atoms with Gasteiger partial charge in [0.2, 0.25) is 0 Å². The van der Waals surface area contributed by atoms with Gasteiger partial charge in [0.15, 0.2) is 0 Å². The number of unbranched alkanes of at least 4 members (excludes halogenated alkanes) is 10. The van der Waals surface area contributed by atoms with Gasteiger partial charge in [0.1, 0.15) is 6.10 Å². The maximum Gasteiger partial charge on any atom is 0.306 e. The monoisotopic (exact) mass is 599 g/mol. The van der Waals surface area contributed by atoms with E-state index in [-0.39, 0.29) is 12.1 Å². The number of carbonyl (C=O) groups is 1. The molecule has 0 N–H and O–H groups in total. The average molecular weight is 599 g/mol. The van der Waals surface area contributed by atoms with Crippen molar-refractivity contribution >= 4 is 5.97 Å². The van der Waals surface area contributed by atoms with Crippen LogP contribution in [-0.2, 0) is 9.53 Å². The molecule has 7 atom stereocenters. The molecule has 0 aliphatic heterocycles. The molecule has 0 bridgehead atoms. The Bertz CT molecular complexity index is 884. The van der Waals surface area contributed by atoms with Crippen LogP contribution >= 0.6 is 0 Å². The Morgan fingerprint density at radius 3 is 2.16 bits per heavy atom. The van der Waals surface area contributed by atoms with Crippen molar-refractivity contribution in [1.82, 2.24) is 9.80 Å². The Hall–Kier alpha value is -0.870. The smallest absolute Gasteiger partial charge is 0.306 e. The summed E-state index contributed by atoms with van der Waals surface area (Å²) in [5.74, 6) is 2.58. The minimum Gasteiger partial charge on any atom is -0.462 e. The molecule has 0 aromatic rings. The van der Waals surface area contributed by atoms with Crippen molar-refractivity contribution < 1.29 is 9.53 Å². The van der Waals surface area contributed by atoms with E-state index in [1.54, 1.807) is 5.57 Å². The quantitative estimate of drug-likeness (QED) is 0.0893. The maximum absolute atomic E-state index is 12.7. The predicted molar refractivity (Wildman–Crippen MR) is 182 cm³/mol. The third-order valence-corrected chi connectivity index (χ3v) is 12.9. The van der Waals surface area contributed by atoms with Gasteiger partial charge in [0.25, 0.3) is 0 Å². The van der Waals surface area contributed by atoms with E-state index in [2.05, 4.69) is 57.8 Å². The third kappa shape index (κ3) is 8.90. The summed E-state index contributed by atoms with van der Waals surface area (Å²) in [7, 11) is 6.79. The lowest BCUT2D eigenvalue weighted by molar-refractivity contribution is -0.151. The van der Waals surface area contributed by atoms with Gasteiger partial charge < -0.3 is 14.5 Å². The largest absolute Gasteiger partial charge is 0.462 e. The number of nitrogens with zero attached hydrogens (tertiary/aromatic N) is 2. The minimum absolute atomic E-state index is 0.0546. The van der Waals surface area contributed by atoms with Crippen molar-refractivity contribution in [3.05, 3.63) is 11.6 Å². The number of hydrogen-bond donors (Lipinski definition) is 0. The lowest BCUT2D eigenvalue weighted by atomic mass is 9.47. The molecule has 43 heavy (non-hydrogen) atoms. The molecule has 4 aliphatic carbocycles. The standard InChI is InChI=1S/C39H70N2O2/c1-7-8-9-10-11-12-13-14-15-16-17-19-37(42)43-32-24-26-38(2)31(30-32)20-21-33-34-22-23-36(39(34,3)27-25-35(33)38)41(6)29-18-28-40(4)5/h20,32-36H,7-19,21-30H2,1-6H3/t32-,33-,34-,35-,36-,38-,39-/m0/s1. The molecule has 0 saturated heterocycles. The predicted octanol–water partition coefficient (Wildman–Crippen LogP) is 9.81. The maximum atomic E-state index is 12.7. The fourth-order valence-corrected chi connectivity index (χ4v) is 10.4. The summed E-state index contributed by atoms with van der Waals surface area (Å²) in [5, 5.41) is 0. The molecule has 4 rings (SSSR count). The van der Waals surface area contributed by atoms with Crippen molar-refractivity contribution in [2.75, 3.05) is 34.2 Å². The summed E-state index contributed by atoms with van der Waals surface area (Å²) >= 11 is 0. The molecule has 0 heterocycles. The summed E-state index contributed by atoms with van der Waals surface area (Å²) in [5.41, 5.74) is 2.42. The molecule has 0 aromatic carbocycles. The molecule has 0 amide bonds. The Morgan fingerprint density at radius 1 is 0.814 bits per heavy atom. The molecule has 248 valence electrons. The Kier molecular flexibility index (Phi) is 13.5. The third-order valence-electron chi connectivity index (χ3n) is 12.9. The van der Waals surface area contributed by atoms with Crippen LogP contribution in [0, 0.1) is 28.6 Å². The van der Waals surface area contributed by atoms with E-state index in [0.29, 0.717) is 17.3 Å². The molecule has 0 spiro atoms. The van der Waals surface area contributed by atoms with Gasteiger partial charge in [-0.3, -0.25) is 4.79 Å². The van der Waals surface area contributed by atoms with Crippen molar-refractivity contribution in [3.8, 4) is 0 Å². The second-order valence-electron chi connectivity index (χ2n) is 16.2. The topological polar surface area (TPSA) is 32.8 Å². The van der Waals surface area contributed by atoms with Crippen molar-refractivity contribution in [1.29, 1.82) is 0 Å². The van der Waals surface area contributed by atoms with Gasteiger partial charge in [-0.15, -0.1) is 0 Å². The molecule has 3 saturated carbocycles. The number of fused-ring (bicyclic) bond motifs is 5. The molecular weight excluding hydrogens is 528 g/mol. The van der Waals surface area contributed by atoms with Gasteiger partial charge in [-0.2, -0.15) is 0 Å². The van der Waals surface area contributed by atoms with E-state index in [0.717, 1.165) is 43.1 Å². The fraction of sp³-hybridized carbons (Fsp3) is 0.923. The van der Waals surface area contributed by atoms with E-state index in [4.69, 9.17) is 4.74 Å². The number of rotatable bonds is 18. The molecule has 4 aliphatic rings. The van der Waals surface area contributed by atoms with Crippen LogP contribution in [0.2, 0.25) is 0 Å². The summed E-state index contributed by atoms with van der Waals surface area (Å²) in [6.07, 6.45) is 29.2. The van der Waals surface area contributed by atoms with Crippen molar-refractivity contribution in [2.24, 2.45) is 28.6 Å². The van der Waals surface area contributed by atoms with Gasteiger partial charge in [-0.25, -0.2) is 0 Å². The normalized spacial score (nSPS) is 33.7. The lowest BCUT2D eigenvalue weighted by Crippen LogP contribution is -2.53. The number of carbonyl (C=O) groups excluding carboxylic acids is 1. The van der Waals surface area contributed by atoms with Crippen LogP contribution in [0.1, 0.15) is 156 Å². The first-order valence-electron chi connectivity index (χ1n) is 18.9. The minimum atomic E-state index is 0.0546. The fourth-order valence-electron chi connectivity index (χ4n) is 10.4. The Morgan fingerprint density at radius 2 is 1.49 bits per heavy atom. The van der Waals surface area contributed by atoms with Crippen LogP contribution in [0.5, 0.6) is 0 Å². The van der Waals surface area contributed by atoms with Gasteiger partial charge in [0, 0.05) is 18.9 Å². The van der Waals surface area contributed by atoms with Crippen LogP contribution in [0.4, 0.5) is 0 Å². The van der Waals surface area contributed by atoms with Crippen molar-refractivity contribution in [2.45, 2.75) is 168 Å². The molecular formula is C39H70N2O2. The number of esters is 1. The highest BCUT2D eigenvalue weighted by molar-refractivity contribution is 5.69. The highest BCUT2D eigenvalue weighted by Crippen LogP contribution is 2.65. The first-order chi connectivity index (χ1) is 20.7. The van der Waals surface area contributed by atoms with E-state index < -0.39 is 0 Å². The first kappa shape index (κ1) is 35.0. The molecule has 4 nitrogen and oxygen atoms in total. The van der Waals surface area contributed by atoms with Gasteiger partial charge in [-0.1, -0.05) is 96.6 Å². The van der Waals surface area contributed by atoms with E-state index in [9.17, 15) is 4.79 Å². The van der Waals surface area contributed by atoms with E-state index in [1.165, 1.54) is 122 Å². The lowest BCUT2D eigenvalue weighted by Gasteiger charge is -2.58. The second-order valence-corrected chi connectivity index (χ2v) is 16.2. The Balaban J connectivity index is 1.19. The summed E-state index contributed by atoms with van der Waals surface area (Å²) in [4.78, 5) is 17.8.